The van der Waals surface area contributed by atoms with E-state index in [1.54, 1.807) is 7.11 Å². The van der Waals surface area contributed by atoms with E-state index in [4.69, 9.17) is 10.5 Å². The van der Waals surface area contributed by atoms with Crippen LogP contribution < -0.4 is 11.1 Å². The van der Waals surface area contributed by atoms with Gasteiger partial charge in [0.2, 0.25) is 0 Å². The molecule has 0 aromatic heterocycles. The Bertz CT molecular complexity index is 779. The summed E-state index contributed by atoms with van der Waals surface area (Å²) in [6.45, 7) is 8.08. The molecule has 1 aliphatic heterocycles. The Kier molecular flexibility index (Phi) is 11.9. The van der Waals surface area contributed by atoms with E-state index >= 15 is 0 Å². The van der Waals surface area contributed by atoms with E-state index in [9.17, 15) is 0 Å². The summed E-state index contributed by atoms with van der Waals surface area (Å²) in [7, 11) is 1.69. The van der Waals surface area contributed by atoms with E-state index < -0.39 is 0 Å². The van der Waals surface area contributed by atoms with Crippen molar-refractivity contribution in [2.75, 3.05) is 51.7 Å². The van der Waals surface area contributed by atoms with Gasteiger partial charge in [-0.05, 0) is 31.0 Å². The summed E-state index contributed by atoms with van der Waals surface area (Å²) in [4.78, 5) is 9.59. The Morgan fingerprint density at radius 3 is 2.39 bits per heavy atom. The van der Waals surface area contributed by atoms with Crippen LogP contribution >= 0.6 is 24.0 Å². The first-order valence-electron chi connectivity index (χ1n) is 10.9. The number of nitrogens with zero attached hydrogens (tertiary/aromatic N) is 3. The predicted octanol–water partition coefficient (Wildman–Crippen LogP) is 3.78. The number of para-hydroxylation sites is 1. The van der Waals surface area contributed by atoms with Gasteiger partial charge < -0.3 is 20.7 Å². The molecule has 0 amide bonds. The van der Waals surface area contributed by atoms with Crippen molar-refractivity contribution in [3.63, 3.8) is 0 Å². The number of rotatable bonds is 10. The van der Waals surface area contributed by atoms with Crippen LogP contribution in [0.15, 0.2) is 59.6 Å². The summed E-state index contributed by atoms with van der Waals surface area (Å²) in [6, 6.07) is 18.7. The third kappa shape index (κ3) is 9.14. The lowest BCUT2D eigenvalue weighted by Crippen LogP contribution is -2.46. The molecule has 0 aliphatic carbocycles. The fourth-order valence-corrected chi connectivity index (χ4v) is 3.76. The molecule has 31 heavy (non-hydrogen) atoms. The molecule has 2 aromatic rings. The van der Waals surface area contributed by atoms with Gasteiger partial charge in [-0.2, -0.15) is 0 Å². The van der Waals surface area contributed by atoms with E-state index in [2.05, 4.69) is 50.4 Å². The van der Waals surface area contributed by atoms with Crippen molar-refractivity contribution in [2.24, 2.45) is 10.7 Å². The Labute approximate surface area is 203 Å². The molecule has 2 aromatic carbocycles. The molecule has 0 spiro atoms. The highest BCUT2D eigenvalue weighted by molar-refractivity contribution is 14.0. The van der Waals surface area contributed by atoms with Gasteiger partial charge in [-0.25, -0.2) is 0 Å². The second-order valence-electron chi connectivity index (χ2n) is 7.79. The Balaban J connectivity index is 0.00000341. The van der Waals surface area contributed by atoms with Crippen LogP contribution in [-0.2, 0) is 17.9 Å². The van der Waals surface area contributed by atoms with Crippen molar-refractivity contribution < 1.29 is 4.74 Å². The first kappa shape index (κ1) is 25.6. The minimum absolute atomic E-state index is 0. The highest BCUT2D eigenvalue weighted by Crippen LogP contribution is 2.15. The number of nitrogens with two attached hydrogens (primary N) is 1. The van der Waals surface area contributed by atoms with Crippen molar-refractivity contribution in [2.45, 2.75) is 26.0 Å². The number of unbranched alkanes of at least 4 members (excludes halogenated alkanes) is 1. The second-order valence-corrected chi connectivity index (χ2v) is 7.79. The van der Waals surface area contributed by atoms with Crippen LogP contribution in [0.25, 0.3) is 0 Å². The van der Waals surface area contributed by atoms with Gasteiger partial charge in [0.25, 0.3) is 0 Å². The van der Waals surface area contributed by atoms with Crippen LogP contribution in [0.1, 0.15) is 24.0 Å². The first-order valence-corrected chi connectivity index (χ1v) is 10.9. The zero-order chi connectivity index (χ0) is 21.0. The lowest BCUT2D eigenvalue weighted by Gasteiger charge is -2.34. The number of anilines is 1. The summed E-state index contributed by atoms with van der Waals surface area (Å²) in [5.41, 5.74) is 9.49. The Morgan fingerprint density at radius 1 is 0.968 bits per heavy atom. The summed E-state index contributed by atoms with van der Waals surface area (Å²) < 4.78 is 5.23. The monoisotopic (exact) mass is 537 g/mol. The molecule has 6 nitrogen and oxygen atoms in total. The quantitative estimate of drug-likeness (QED) is 0.209. The van der Waals surface area contributed by atoms with Crippen molar-refractivity contribution in [3.8, 4) is 0 Å². The minimum atomic E-state index is 0. The normalized spacial score (nSPS) is 15.5. The third-order valence-corrected chi connectivity index (χ3v) is 5.46. The fraction of sp³-hybridized carbons (Fsp3) is 0.458. The number of benzene rings is 2. The zero-order valence-corrected chi connectivity index (χ0v) is 20.8. The molecule has 7 heteroatoms. The van der Waals surface area contributed by atoms with E-state index in [0.717, 1.165) is 69.9 Å². The van der Waals surface area contributed by atoms with Crippen molar-refractivity contribution in [1.82, 2.24) is 9.80 Å². The van der Waals surface area contributed by atoms with E-state index in [1.165, 1.54) is 5.56 Å². The zero-order valence-electron chi connectivity index (χ0n) is 18.5. The molecule has 1 heterocycles. The average molecular weight is 537 g/mol. The predicted molar refractivity (Wildman–Crippen MR) is 140 cm³/mol. The largest absolute Gasteiger partial charge is 0.380 e. The van der Waals surface area contributed by atoms with E-state index in [1.807, 2.05) is 24.3 Å². The Hall–Kier alpha value is -1.68. The van der Waals surface area contributed by atoms with Gasteiger partial charge in [-0.1, -0.05) is 48.5 Å². The van der Waals surface area contributed by atoms with Crippen molar-refractivity contribution in [3.05, 3.63) is 65.7 Å². The Morgan fingerprint density at radius 2 is 1.65 bits per heavy atom. The standard InChI is InChI=1S/C24H35N5O.HI/c1-30-20-22-11-5-6-12-23(22)27-24(25)26-13-7-8-14-28-15-17-29(18-16-28)19-21-9-3-2-4-10-21;/h2-6,9-12H,7-8,13-20H2,1H3,(H3,25,26,27);1H. The molecule has 0 unspecified atom stereocenters. The lowest BCUT2D eigenvalue weighted by molar-refractivity contribution is 0.126. The number of piperazine rings is 1. The minimum Gasteiger partial charge on any atom is -0.380 e. The molecular weight excluding hydrogens is 501 g/mol. The van der Waals surface area contributed by atoms with Gasteiger partial charge in [-0.15, -0.1) is 24.0 Å². The maximum Gasteiger partial charge on any atom is 0.193 e. The average Bonchev–Trinajstić information content (AvgIpc) is 2.77. The SMILES string of the molecule is COCc1ccccc1NC(N)=NCCCCN1CCN(Cc2ccccc2)CC1.I. The highest BCUT2D eigenvalue weighted by Gasteiger charge is 2.16. The van der Waals surface area contributed by atoms with Crippen LogP contribution in [0.5, 0.6) is 0 Å². The van der Waals surface area contributed by atoms with E-state index in [-0.39, 0.29) is 24.0 Å². The topological polar surface area (TPSA) is 66.1 Å². The highest BCUT2D eigenvalue weighted by atomic mass is 127. The van der Waals surface area contributed by atoms with E-state index in [0.29, 0.717) is 12.6 Å². The van der Waals surface area contributed by atoms with Crippen LogP contribution in [0, 0.1) is 0 Å². The summed E-state index contributed by atoms with van der Waals surface area (Å²) >= 11 is 0. The van der Waals surface area contributed by atoms with Crippen molar-refractivity contribution >= 4 is 35.6 Å². The van der Waals surface area contributed by atoms with Crippen LogP contribution in [0.2, 0.25) is 0 Å². The number of nitrogens with one attached hydrogen (secondary N) is 1. The van der Waals surface area contributed by atoms with Crippen LogP contribution in [0.3, 0.4) is 0 Å². The maximum atomic E-state index is 6.06. The number of halogens is 1. The molecule has 1 aliphatic rings. The number of aliphatic imine (C=N–C) groups is 1. The lowest BCUT2D eigenvalue weighted by atomic mass is 10.2. The van der Waals surface area contributed by atoms with Gasteiger partial charge >= 0.3 is 0 Å². The van der Waals surface area contributed by atoms with Crippen molar-refractivity contribution in [1.29, 1.82) is 0 Å². The molecule has 170 valence electrons. The summed E-state index contributed by atoms with van der Waals surface area (Å²) in [5, 5.41) is 3.19. The third-order valence-electron chi connectivity index (χ3n) is 5.46. The summed E-state index contributed by atoms with van der Waals surface area (Å²) in [5.74, 6) is 0.466. The fourth-order valence-electron chi connectivity index (χ4n) is 3.76. The van der Waals surface area contributed by atoms with Gasteiger partial charge in [0.1, 0.15) is 0 Å². The number of hydrogen-bond acceptors (Lipinski definition) is 4. The van der Waals surface area contributed by atoms with Gasteiger partial charge in [0.15, 0.2) is 5.96 Å². The number of hydrogen-bond donors (Lipinski definition) is 2. The molecule has 0 bridgehead atoms. The maximum absolute atomic E-state index is 6.06. The number of methoxy groups -OCH3 is 1. The molecule has 0 radical (unpaired) electrons. The van der Waals surface area contributed by atoms with Gasteiger partial charge in [0, 0.05) is 57.6 Å². The number of guanidine groups is 1. The summed E-state index contributed by atoms with van der Waals surface area (Å²) in [6.07, 6.45) is 2.20. The first-order chi connectivity index (χ1) is 14.7. The molecule has 0 atom stereocenters. The molecule has 0 saturated carbocycles. The molecule has 3 rings (SSSR count). The second kappa shape index (κ2) is 14.4. The van der Waals surface area contributed by atoms with Crippen LogP contribution in [0.4, 0.5) is 5.69 Å². The van der Waals surface area contributed by atoms with Gasteiger partial charge in [-0.3, -0.25) is 9.89 Å². The molecule has 1 fully saturated rings. The number of ether oxygens (including phenoxy) is 1. The molecule has 3 N–H and O–H groups in total. The smallest absolute Gasteiger partial charge is 0.193 e. The van der Waals surface area contributed by atoms with Gasteiger partial charge in [0.05, 0.1) is 6.61 Å². The molecular formula is C24H36IN5O. The van der Waals surface area contributed by atoms with Crippen LogP contribution in [-0.4, -0.2) is 62.1 Å². The molecule has 1 saturated heterocycles.